The highest BCUT2D eigenvalue weighted by Crippen LogP contribution is 1.94. The highest BCUT2D eigenvalue weighted by Gasteiger charge is 2.17. The molecule has 4 nitrogen and oxygen atoms in total. The summed E-state index contributed by atoms with van der Waals surface area (Å²) in [7, 11) is 0. The van der Waals surface area contributed by atoms with E-state index in [1.54, 1.807) is 0 Å². The zero-order valence-corrected chi connectivity index (χ0v) is 5.56. The molecular formula is C6H10O4. The zero-order chi connectivity index (χ0) is 8.15. The van der Waals surface area contributed by atoms with Crippen LogP contribution < -0.4 is 0 Å². The lowest BCUT2D eigenvalue weighted by molar-refractivity contribution is -0.127. The van der Waals surface area contributed by atoms with Gasteiger partial charge in [0.05, 0.1) is 12.4 Å². The van der Waals surface area contributed by atoms with Crippen LogP contribution in [-0.4, -0.2) is 33.3 Å². The predicted octanol–water partition coefficient (Wildman–Crippen LogP) is -0.631. The third-order valence-electron chi connectivity index (χ3n) is 0.987. The molecule has 0 aromatic carbocycles. The molecule has 10 heavy (non-hydrogen) atoms. The molecule has 0 radical (unpaired) electrons. The molecule has 0 bridgehead atoms. The lowest BCUT2D eigenvalue weighted by Gasteiger charge is -2.08. The Balaban J connectivity index is 3.95. The first-order valence-electron chi connectivity index (χ1n) is 2.80. The summed E-state index contributed by atoms with van der Waals surface area (Å²) in [5.74, 6) is -0.711. The van der Waals surface area contributed by atoms with Gasteiger partial charge in [-0.1, -0.05) is 0 Å². The van der Waals surface area contributed by atoms with Crippen LogP contribution in [0.4, 0.5) is 0 Å². The van der Waals surface area contributed by atoms with E-state index in [9.17, 15) is 4.79 Å². The number of hydrogen-bond donors (Lipinski definition) is 3. The predicted molar refractivity (Wildman–Crippen MR) is 34.5 cm³/mol. The summed E-state index contributed by atoms with van der Waals surface area (Å²) in [4.78, 5) is 10.5. The van der Waals surface area contributed by atoms with Gasteiger partial charge in [0.1, 0.15) is 6.10 Å². The fourth-order valence-electron chi connectivity index (χ4n) is 0.410. The second-order valence-corrected chi connectivity index (χ2v) is 1.90. The van der Waals surface area contributed by atoms with Crippen LogP contribution in [0.25, 0.3) is 0 Å². The molecule has 0 aromatic heterocycles. The van der Waals surface area contributed by atoms with Gasteiger partial charge in [-0.05, 0) is 6.92 Å². The number of carbonyl (C=O) groups excluding carboxylic acids is 1. The van der Waals surface area contributed by atoms with Crippen molar-refractivity contribution in [3.63, 3.8) is 0 Å². The minimum absolute atomic E-state index is 0.522. The van der Waals surface area contributed by atoms with Gasteiger partial charge in [-0.15, -0.1) is 0 Å². The van der Waals surface area contributed by atoms with Gasteiger partial charge in [-0.25, -0.2) is 0 Å². The molecule has 0 fully saturated rings. The van der Waals surface area contributed by atoms with E-state index in [0.29, 0.717) is 6.26 Å². The summed E-state index contributed by atoms with van der Waals surface area (Å²) in [5.41, 5.74) is 0. The van der Waals surface area contributed by atoms with Crippen LogP contribution in [-0.2, 0) is 4.79 Å². The molecule has 4 heteroatoms. The Morgan fingerprint density at radius 3 is 2.30 bits per heavy atom. The average molecular weight is 146 g/mol. The molecular weight excluding hydrogens is 136 g/mol. The first-order valence-corrected chi connectivity index (χ1v) is 2.80. The van der Waals surface area contributed by atoms with E-state index < -0.39 is 18.0 Å². The first kappa shape index (κ1) is 9.13. The standard InChI is InChI=1S/C6H10O4/c1-4(8)6(10)5(9)2-3-7/h2-4,6-8,10H,1H3/b3-2+. The Hall–Kier alpha value is -0.870. The van der Waals surface area contributed by atoms with Crippen molar-refractivity contribution in [1.82, 2.24) is 0 Å². The quantitative estimate of drug-likeness (QED) is 0.366. The lowest BCUT2D eigenvalue weighted by Crippen LogP contribution is -2.30. The van der Waals surface area contributed by atoms with Gasteiger partial charge in [0, 0.05) is 6.08 Å². The van der Waals surface area contributed by atoms with E-state index in [-0.39, 0.29) is 0 Å². The molecule has 0 amide bonds. The number of rotatable bonds is 3. The van der Waals surface area contributed by atoms with Crippen molar-refractivity contribution in [2.24, 2.45) is 0 Å². The van der Waals surface area contributed by atoms with Crippen molar-refractivity contribution in [2.45, 2.75) is 19.1 Å². The average Bonchev–Trinajstić information content (AvgIpc) is 1.87. The molecule has 58 valence electrons. The van der Waals surface area contributed by atoms with Crippen LogP contribution in [0.1, 0.15) is 6.92 Å². The van der Waals surface area contributed by atoms with Gasteiger partial charge < -0.3 is 15.3 Å². The molecule has 0 aromatic rings. The van der Waals surface area contributed by atoms with Crippen LogP contribution in [0.3, 0.4) is 0 Å². The summed E-state index contributed by atoms with van der Waals surface area (Å²) < 4.78 is 0. The Bertz CT molecular complexity index is 139. The maximum Gasteiger partial charge on any atom is 0.189 e. The van der Waals surface area contributed by atoms with Gasteiger partial charge in [-0.3, -0.25) is 4.79 Å². The topological polar surface area (TPSA) is 77.8 Å². The first-order chi connectivity index (χ1) is 4.59. The Labute approximate surface area is 58.4 Å². The Kier molecular flexibility index (Phi) is 3.68. The minimum Gasteiger partial charge on any atom is -0.515 e. The van der Waals surface area contributed by atoms with Crippen molar-refractivity contribution in [2.75, 3.05) is 0 Å². The number of aliphatic hydroxyl groups is 3. The smallest absolute Gasteiger partial charge is 0.189 e. The van der Waals surface area contributed by atoms with Crippen LogP contribution in [0, 0.1) is 0 Å². The summed E-state index contributed by atoms with van der Waals surface area (Å²) >= 11 is 0. The molecule has 0 aliphatic carbocycles. The molecule has 0 spiro atoms. The molecule has 2 atom stereocenters. The lowest BCUT2D eigenvalue weighted by atomic mass is 10.1. The van der Waals surface area contributed by atoms with E-state index in [4.69, 9.17) is 15.3 Å². The second-order valence-electron chi connectivity index (χ2n) is 1.90. The van der Waals surface area contributed by atoms with Gasteiger partial charge in [0.2, 0.25) is 0 Å². The Morgan fingerprint density at radius 1 is 1.50 bits per heavy atom. The zero-order valence-electron chi connectivity index (χ0n) is 5.56. The van der Waals surface area contributed by atoms with Gasteiger partial charge >= 0.3 is 0 Å². The van der Waals surface area contributed by atoms with Crippen molar-refractivity contribution in [1.29, 1.82) is 0 Å². The monoisotopic (exact) mass is 146 g/mol. The number of aliphatic hydroxyl groups excluding tert-OH is 3. The normalized spacial score (nSPS) is 17.1. The molecule has 0 rings (SSSR count). The van der Waals surface area contributed by atoms with Gasteiger partial charge in [0.15, 0.2) is 5.78 Å². The summed E-state index contributed by atoms with van der Waals surface area (Å²) in [6.45, 7) is 1.29. The summed E-state index contributed by atoms with van der Waals surface area (Å²) in [6, 6.07) is 0. The Morgan fingerprint density at radius 2 is 2.00 bits per heavy atom. The van der Waals surface area contributed by atoms with Crippen molar-refractivity contribution >= 4 is 5.78 Å². The molecule has 2 unspecified atom stereocenters. The molecule has 3 N–H and O–H groups in total. The fraction of sp³-hybridized carbons (Fsp3) is 0.500. The van der Waals surface area contributed by atoms with E-state index >= 15 is 0 Å². The minimum atomic E-state index is -1.44. The van der Waals surface area contributed by atoms with Crippen molar-refractivity contribution in [3.05, 3.63) is 12.3 Å². The maximum atomic E-state index is 10.5. The third kappa shape index (κ3) is 2.61. The molecule has 0 saturated carbocycles. The van der Waals surface area contributed by atoms with Crippen LogP contribution in [0.2, 0.25) is 0 Å². The van der Waals surface area contributed by atoms with Crippen LogP contribution in [0.15, 0.2) is 12.3 Å². The fourth-order valence-corrected chi connectivity index (χ4v) is 0.410. The highest BCUT2D eigenvalue weighted by atomic mass is 16.3. The molecule has 0 aliphatic heterocycles. The molecule has 0 aliphatic rings. The van der Waals surface area contributed by atoms with Gasteiger partial charge in [0.25, 0.3) is 0 Å². The number of hydrogen-bond acceptors (Lipinski definition) is 4. The molecule has 0 saturated heterocycles. The number of carbonyl (C=O) groups is 1. The van der Waals surface area contributed by atoms with Crippen molar-refractivity contribution < 1.29 is 20.1 Å². The summed E-state index contributed by atoms with van der Waals surface area (Å²) in [5, 5.41) is 25.5. The van der Waals surface area contributed by atoms with E-state index in [1.165, 1.54) is 6.92 Å². The van der Waals surface area contributed by atoms with E-state index in [1.807, 2.05) is 0 Å². The van der Waals surface area contributed by atoms with Crippen LogP contribution in [0.5, 0.6) is 0 Å². The SMILES string of the molecule is CC(O)C(O)C(=O)/C=C/O. The van der Waals surface area contributed by atoms with Crippen molar-refractivity contribution in [3.8, 4) is 0 Å². The number of ketones is 1. The molecule has 0 heterocycles. The summed E-state index contributed by atoms with van der Waals surface area (Å²) in [6.07, 6.45) is -1.24. The van der Waals surface area contributed by atoms with E-state index in [0.717, 1.165) is 6.08 Å². The second kappa shape index (κ2) is 4.03. The van der Waals surface area contributed by atoms with Gasteiger partial charge in [-0.2, -0.15) is 0 Å². The largest absolute Gasteiger partial charge is 0.515 e. The van der Waals surface area contributed by atoms with E-state index in [2.05, 4.69) is 0 Å². The third-order valence-corrected chi connectivity index (χ3v) is 0.987. The maximum absolute atomic E-state index is 10.5. The highest BCUT2D eigenvalue weighted by molar-refractivity contribution is 5.93. The van der Waals surface area contributed by atoms with Crippen LogP contribution >= 0.6 is 0 Å².